The van der Waals surface area contributed by atoms with Crippen molar-refractivity contribution in [1.82, 2.24) is 9.80 Å². The Morgan fingerprint density at radius 1 is 1.53 bits per heavy atom. The highest BCUT2D eigenvalue weighted by Gasteiger charge is 2.31. The molecule has 88 valence electrons. The Balaban J connectivity index is 2.45. The van der Waals surface area contributed by atoms with Gasteiger partial charge in [-0.05, 0) is 20.0 Å². The minimum atomic E-state index is -0.543. The first-order chi connectivity index (χ1) is 6.91. The molecule has 1 heterocycles. The SMILES string of the molecule is CC1CN(CC(N)C(N)=O)CC1N(C)C. The number of nitrogens with zero attached hydrogens (tertiary/aromatic N) is 2. The first kappa shape index (κ1) is 12.4. The molecule has 1 saturated heterocycles. The van der Waals surface area contributed by atoms with Gasteiger partial charge in [0.25, 0.3) is 0 Å². The molecule has 0 saturated carbocycles. The molecule has 0 aromatic heterocycles. The minimum Gasteiger partial charge on any atom is -0.368 e. The summed E-state index contributed by atoms with van der Waals surface area (Å²) in [5.74, 6) is 0.191. The van der Waals surface area contributed by atoms with E-state index in [1.54, 1.807) is 0 Å². The summed E-state index contributed by atoms with van der Waals surface area (Å²) in [6.45, 7) is 4.75. The lowest BCUT2D eigenvalue weighted by molar-refractivity contribution is -0.119. The van der Waals surface area contributed by atoms with Gasteiger partial charge in [-0.1, -0.05) is 6.92 Å². The maximum atomic E-state index is 10.8. The second kappa shape index (κ2) is 4.92. The van der Waals surface area contributed by atoms with E-state index in [-0.39, 0.29) is 0 Å². The fourth-order valence-corrected chi connectivity index (χ4v) is 2.24. The molecule has 5 heteroatoms. The number of primary amides is 1. The van der Waals surface area contributed by atoms with E-state index in [0.29, 0.717) is 18.5 Å². The quantitative estimate of drug-likeness (QED) is 0.609. The molecule has 0 aromatic rings. The first-order valence-corrected chi connectivity index (χ1v) is 5.35. The molecule has 1 fully saturated rings. The molecule has 0 aromatic carbocycles. The molecule has 1 amide bonds. The van der Waals surface area contributed by atoms with E-state index in [2.05, 4.69) is 30.8 Å². The monoisotopic (exact) mass is 214 g/mol. The number of amides is 1. The molecule has 1 aliphatic rings. The van der Waals surface area contributed by atoms with E-state index >= 15 is 0 Å². The molecule has 1 aliphatic heterocycles. The predicted octanol–water partition coefficient (Wildman–Crippen LogP) is -1.32. The van der Waals surface area contributed by atoms with Gasteiger partial charge in [0.2, 0.25) is 5.91 Å². The van der Waals surface area contributed by atoms with Crippen molar-refractivity contribution in [3.63, 3.8) is 0 Å². The Morgan fingerprint density at radius 3 is 2.53 bits per heavy atom. The van der Waals surface area contributed by atoms with E-state index in [1.165, 1.54) is 0 Å². The fourth-order valence-electron chi connectivity index (χ4n) is 2.24. The maximum Gasteiger partial charge on any atom is 0.235 e. The van der Waals surface area contributed by atoms with Gasteiger partial charge in [0.15, 0.2) is 0 Å². The van der Waals surface area contributed by atoms with E-state index < -0.39 is 11.9 Å². The van der Waals surface area contributed by atoms with Gasteiger partial charge in [-0.3, -0.25) is 9.69 Å². The molecule has 1 rings (SSSR count). The average Bonchev–Trinajstić information content (AvgIpc) is 2.46. The van der Waals surface area contributed by atoms with Gasteiger partial charge in [0, 0.05) is 25.7 Å². The van der Waals surface area contributed by atoms with Crippen molar-refractivity contribution in [1.29, 1.82) is 0 Å². The zero-order valence-electron chi connectivity index (χ0n) is 9.81. The normalized spacial score (nSPS) is 29.7. The number of carbonyl (C=O) groups excluding carboxylic acids is 1. The van der Waals surface area contributed by atoms with Crippen molar-refractivity contribution in [2.45, 2.75) is 19.0 Å². The van der Waals surface area contributed by atoms with E-state index in [9.17, 15) is 4.79 Å². The zero-order valence-corrected chi connectivity index (χ0v) is 9.81. The molecule has 0 spiro atoms. The Labute approximate surface area is 91.4 Å². The van der Waals surface area contributed by atoms with Gasteiger partial charge in [-0.2, -0.15) is 0 Å². The van der Waals surface area contributed by atoms with Gasteiger partial charge in [0.05, 0.1) is 6.04 Å². The van der Waals surface area contributed by atoms with Gasteiger partial charge >= 0.3 is 0 Å². The molecular formula is C10H22N4O. The largest absolute Gasteiger partial charge is 0.368 e. The van der Waals surface area contributed by atoms with Crippen LogP contribution < -0.4 is 11.5 Å². The Morgan fingerprint density at radius 2 is 2.13 bits per heavy atom. The summed E-state index contributed by atoms with van der Waals surface area (Å²) in [4.78, 5) is 15.3. The first-order valence-electron chi connectivity index (χ1n) is 5.35. The van der Waals surface area contributed by atoms with Crippen molar-refractivity contribution in [2.24, 2.45) is 17.4 Å². The summed E-state index contributed by atoms with van der Waals surface area (Å²) in [6, 6.07) is 0.00295. The third-order valence-corrected chi connectivity index (χ3v) is 3.13. The van der Waals surface area contributed by atoms with Crippen molar-refractivity contribution >= 4 is 5.91 Å². The summed E-state index contributed by atoms with van der Waals surface area (Å²) >= 11 is 0. The Kier molecular flexibility index (Phi) is 4.07. The van der Waals surface area contributed by atoms with Crippen molar-refractivity contribution in [2.75, 3.05) is 33.7 Å². The van der Waals surface area contributed by atoms with Gasteiger partial charge in [0.1, 0.15) is 0 Å². The van der Waals surface area contributed by atoms with Crippen LogP contribution in [0.1, 0.15) is 6.92 Å². The number of hydrogen-bond donors (Lipinski definition) is 2. The summed E-state index contributed by atoms with van der Waals surface area (Å²) in [5.41, 5.74) is 10.8. The third-order valence-electron chi connectivity index (χ3n) is 3.13. The molecule has 15 heavy (non-hydrogen) atoms. The third kappa shape index (κ3) is 3.15. The highest BCUT2D eigenvalue weighted by atomic mass is 16.1. The van der Waals surface area contributed by atoms with Crippen LogP contribution in [0.4, 0.5) is 0 Å². The van der Waals surface area contributed by atoms with Crippen LogP contribution in [0.15, 0.2) is 0 Å². The lowest BCUT2D eigenvalue weighted by atomic mass is 10.1. The van der Waals surface area contributed by atoms with Crippen molar-refractivity contribution in [3.8, 4) is 0 Å². The summed E-state index contributed by atoms with van der Waals surface area (Å²) in [5, 5.41) is 0. The molecule has 3 atom stereocenters. The van der Waals surface area contributed by atoms with Crippen molar-refractivity contribution in [3.05, 3.63) is 0 Å². The van der Waals surface area contributed by atoms with Gasteiger partial charge < -0.3 is 16.4 Å². The number of likely N-dealkylation sites (N-methyl/N-ethyl adjacent to an activating group) is 1. The molecule has 4 N–H and O–H groups in total. The maximum absolute atomic E-state index is 10.8. The zero-order chi connectivity index (χ0) is 11.6. The lowest BCUT2D eigenvalue weighted by Gasteiger charge is -2.23. The molecule has 5 nitrogen and oxygen atoms in total. The lowest BCUT2D eigenvalue weighted by Crippen LogP contribution is -2.46. The van der Waals surface area contributed by atoms with Crippen molar-refractivity contribution < 1.29 is 4.79 Å². The van der Waals surface area contributed by atoms with Crippen LogP contribution >= 0.6 is 0 Å². The second-order valence-corrected chi connectivity index (χ2v) is 4.74. The molecule has 0 bridgehead atoms. The highest BCUT2D eigenvalue weighted by Crippen LogP contribution is 2.19. The molecule has 0 radical (unpaired) electrons. The number of rotatable bonds is 4. The number of carbonyl (C=O) groups is 1. The Bertz CT molecular complexity index is 231. The fraction of sp³-hybridized carbons (Fsp3) is 0.900. The second-order valence-electron chi connectivity index (χ2n) is 4.74. The van der Waals surface area contributed by atoms with Crippen LogP contribution in [-0.2, 0) is 4.79 Å². The highest BCUT2D eigenvalue weighted by molar-refractivity contribution is 5.79. The Hall–Kier alpha value is -0.650. The number of hydrogen-bond acceptors (Lipinski definition) is 4. The van der Waals surface area contributed by atoms with E-state index in [4.69, 9.17) is 11.5 Å². The number of likely N-dealkylation sites (tertiary alicyclic amines) is 1. The van der Waals surface area contributed by atoms with Crippen LogP contribution in [0.25, 0.3) is 0 Å². The van der Waals surface area contributed by atoms with Crippen LogP contribution in [0.3, 0.4) is 0 Å². The minimum absolute atomic E-state index is 0.420. The van der Waals surface area contributed by atoms with E-state index in [0.717, 1.165) is 13.1 Å². The topological polar surface area (TPSA) is 75.6 Å². The van der Waals surface area contributed by atoms with Crippen LogP contribution in [0.2, 0.25) is 0 Å². The molecule has 0 aliphatic carbocycles. The van der Waals surface area contributed by atoms with Crippen LogP contribution in [0.5, 0.6) is 0 Å². The smallest absolute Gasteiger partial charge is 0.235 e. The predicted molar refractivity (Wildman–Crippen MR) is 60.2 cm³/mol. The standard InChI is InChI=1S/C10H22N4O/c1-7-4-14(5-8(11)10(12)15)6-9(7)13(2)3/h7-9H,4-6,11H2,1-3H3,(H2,12,15). The van der Waals surface area contributed by atoms with Crippen LogP contribution in [-0.4, -0.2) is 61.5 Å². The van der Waals surface area contributed by atoms with E-state index in [1.807, 2.05) is 0 Å². The summed E-state index contributed by atoms with van der Waals surface area (Å²) < 4.78 is 0. The average molecular weight is 214 g/mol. The van der Waals surface area contributed by atoms with Gasteiger partial charge in [-0.15, -0.1) is 0 Å². The summed E-state index contributed by atoms with van der Waals surface area (Å²) in [6.07, 6.45) is 0. The van der Waals surface area contributed by atoms with Gasteiger partial charge in [-0.25, -0.2) is 0 Å². The number of nitrogens with two attached hydrogens (primary N) is 2. The molecule has 3 unspecified atom stereocenters. The molecular weight excluding hydrogens is 192 g/mol. The van der Waals surface area contributed by atoms with Crippen LogP contribution in [0, 0.1) is 5.92 Å². The summed E-state index contributed by atoms with van der Waals surface area (Å²) in [7, 11) is 4.16.